The Kier molecular flexibility index (Phi) is 4.38. The molecule has 0 N–H and O–H groups in total. The number of rotatable bonds is 3. The second-order valence-corrected chi connectivity index (χ2v) is 8.25. The summed E-state index contributed by atoms with van der Waals surface area (Å²) in [6.07, 6.45) is 1.91. The molecule has 1 aliphatic carbocycles. The Labute approximate surface area is 139 Å². The summed E-state index contributed by atoms with van der Waals surface area (Å²) in [5, 5.41) is 0.256. The molecule has 1 heterocycles. The van der Waals surface area contributed by atoms with Crippen LogP contribution in [0, 0.1) is 5.92 Å². The Morgan fingerprint density at radius 1 is 1.09 bits per heavy atom. The highest BCUT2D eigenvalue weighted by molar-refractivity contribution is 7.89. The first kappa shape index (κ1) is 16.1. The minimum absolute atomic E-state index is 0.0173. The van der Waals surface area contributed by atoms with Gasteiger partial charge in [-0.05, 0) is 25.0 Å². The van der Waals surface area contributed by atoms with Crippen LogP contribution in [0.4, 0.5) is 0 Å². The number of hydrogen-bond donors (Lipinski definition) is 0. The molecule has 1 saturated heterocycles. The zero-order valence-corrected chi connectivity index (χ0v) is 14.2. The Morgan fingerprint density at radius 3 is 2.32 bits per heavy atom. The maximum atomic E-state index is 12.7. The summed E-state index contributed by atoms with van der Waals surface area (Å²) in [4.78, 5) is 13.8. The number of piperazine rings is 1. The van der Waals surface area contributed by atoms with Crippen molar-refractivity contribution in [1.29, 1.82) is 0 Å². The lowest BCUT2D eigenvalue weighted by Gasteiger charge is -2.34. The van der Waals surface area contributed by atoms with E-state index in [-0.39, 0.29) is 39.9 Å². The summed E-state index contributed by atoms with van der Waals surface area (Å²) in [6.45, 7) is 1.41. The fraction of sp³-hybridized carbons (Fsp3) is 0.500. The van der Waals surface area contributed by atoms with Crippen LogP contribution < -0.4 is 0 Å². The monoisotopic (exact) mass is 362 g/mol. The van der Waals surface area contributed by atoms with Crippen LogP contribution in [-0.4, -0.2) is 49.7 Å². The van der Waals surface area contributed by atoms with Crippen molar-refractivity contribution in [2.45, 2.75) is 17.7 Å². The highest BCUT2D eigenvalue weighted by Crippen LogP contribution is 2.33. The van der Waals surface area contributed by atoms with Crippen LogP contribution in [0.1, 0.15) is 12.8 Å². The number of sulfonamides is 1. The predicted octanol–water partition coefficient (Wildman–Crippen LogP) is 2.24. The van der Waals surface area contributed by atoms with Gasteiger partial charge in [0.1, 0.15) is 4.90 Å². The smallest absolute Gasteiger partial charge is 0.244 e. The van der Waals surface area contributed by atoms with Crippen molar-refractivity contribution in [3.8, 4) is 0 Å². The van der Waals surface area contributed by atoms with E-state index in [2.05, 4.69) is 0 Å². The van der Waals surface area contributed by atoms with Crippen molar-refractivity contribution < 1.29 is 13.2 Å². The highest BCUT2D eigenvalue weighted by Gasteiger charge is 2.37. The molecule has 2 fully saturated rings. The highest BCUT2D eigenvalue weighted by atomic mass is 35.5. The van der Waals surface area contributed by atoms with Crippen molar-refractivity contribution in [3.05, 3.63) is 28.2 Å². The van der Waals surface area contributed by atoms with E-state index in [9.17, 15) is 13.2 Å². The molecule has 0 aromatic heterocycles. The van der Waals surface area contributed by atoms with Crippen LogP contribution in [0.25, 0.3) is 0 Å². The number of amides is 1. The lowest BCUT2D eigenvalue weighted by Crippen LogP contribution is -2.50. The van der Waals surface area contributed by atoms with E-state index < -0.39 is 10.0 Å². The molecule has 1 saturated carbocycles. The minimum Gasteiger partial charge on any atom is -0.340 e. The van der Waals surface area contributed by atoms with Gasteiger partial charge in [-0.25, -0.2) is 8.42 Å². The molecule has 22 heavy (non-hydrogen) atoms. The first-order valence-electron chi connectivity index (χ1n) is 7.14. The molecule has 0 atom stereocenters. The molecular weight excluding hydrogens is 347 g/mol. The number of nitrogens with zero attached hydrogens (tertiary/aromatic N) is 2. The fourth-order valence-electron chi connectivity index (χ4n) is 2.56. The quantitative estimate of drug-likeness (QED) is 0.828. The summed E-state index contributed by atoms with van der Waals surface area (Å²) in [5.74, 6) is 0.309. The molecule has 2 aliphatic rings. The lowest BCUT2D eigenvalue weighted by molar-refractivity contribution is -0.133. The molecule has 1 aliphatic heterocycles. The van der Waals surface area contributed by atoms with E-state index in [1.54, 1.807) is 17.0 Å². The van der Waals surface area contributed by atoms with Gasteiger partial charge in [-0.1, -0.05) is 29.3 Å². The number of carbonyl (C=O) groups excluding carboxylic acids is 1. The van der Waals surface area contributed by atoms with E-state index >= 15 is 0 Å². The van der Waals surface area contributed by atoms with Crippen LogP contribution in [0.3, 0.4) is 0 Å². The van der Waals surface area contributed by atoms with E-state index in [1.165, 1.54) is 10.4 Å². The standard InChI is InChI=1S/C14H16Cl2N2O3S/c15-11-2-1-3-12(13(11)16)22(20,21)18-8-6-17(7-9-18)14(19)10-4-5-10/h1-3,10H,4-9H2. The zero-order valence-electron chi connectivity index (χ0n) is 11.8. The first-order valence-corrected chi connectivity index (χ1v) is 9.34. The van der Waals surface area contributed by atoms with E-state index in [0.717, 1.165) is 12.8 Å². The van der Waals surface area contributed by atoms with Gasteiger partial charge in [0.05, 0.1) is 10.0 Å². The molecule has 0 unspecified atom stereocenters. The molecule has 8 heteroatoms. The number of carbonyl (C=O) groups is 1. The van der Waals surface area contributed by atoms with Gasteiger partial charge in [-0.3, -0.25) is 4.79 Å². The van der Waals surface area contributed by atoms with Crippen molar-refractivity contribution >= 4 is 39.1 Å². The SMILES string of the molecule is O=C(C1CC1)N1CCN(S(=O)(=O)c2cccc(Cl)c2Cl)CC1. The summed E-state index contributed by atoms with van der Waals surface area (Å²) in [7, 11) is -3.69. The number of benzene rings is 1. The maximum absolute atomic E-state index is 12.7. The zero-order chi connectivity index (χ0) is 15.9. The summed E-state index contributed by atoms with van der Waals surface area (Å²) in [5.41, 5.74) is 0. The average molecular weight is 363 g/mol. The van der Waals surface area contributed by atoms with Crippen molar-refractivity contribution in [1.82, 2.24) is 9.21 Å². The number of hydrogen-bond acceptors (Lipinski definition) is 3. The van der Waals surface area contributed by atoms with Gasteiger partial charge in [0.2, 0.25) is 15.9 Å². The van der Waals surface area contributed by atoms with Crippen LogP contribution in [0.2, 0.25) is 10.0 Å². The van der Waals surface area contributed by atoms with E-state index in [4.69, 9.17) is 23.2 Å². The van der Waals surface area contributed by atoms with Crippen LogP contribution in [0.15, 0.2) is 23.1 Å². The molecule has 1 aromatic carbocycles. The Bertz CT molecular complexity index is 696. The van der Waals surface area contributed by atoms with Gasteiger partial charge in [0.25, 0.3) is 0 Å². The topological polar surface area (TPSA) is 57.7 Å². The van der Waals surface area contributed by atoms with Crippen LogP contribution in [-0.2, 0) is 14.8 Å². The largest absolute Gasteiger partial charge is 0.340 e. The summed E-state index contributed by atoms with van der Waals surface area (Å²) >= 11 is 11.9. The van der Waals surface area contributed by atoms with Gasteiger partial charge in [0, 0.05) is 32.1 Å². The lowest BCUT2D eigenvalue weighted by atomic mass is 10.3. The Hall–Kier alpha value is -0.820. The predicted molar refractivity (Wildman–Crippen MR) is 84.5 cm³/mol. The van der Waals surface area contributed by atoms with Gasteiger partial charge in [-0.2, -0.15) is 4.31 Å². The van der Waals surface area contributed by atoms with Crippen LogP contribution >= 0.6 is 23.2 Å². The van der Waals surface area contributed by atoms with Crippen LogP contribution in [0.5, 0.6) is 0 Å². The molecular formula is C14H16Cl2N2O3S. The fourth-order valence-corrected chi connectivity index (χ4v) is 4.72. The second kappa shape index (κ2) is 6.00. The number of halogens is 2. The third-order valence-corrected chi connectivity index (χ3v) is 6.88. The normalized spacial score (nSPS) is 20.2. The maximum Gasteiger partial charge on any atom is 0.244 e. The molecule has 0 radical (unpaired) electrons. The molecule has 1 amide bonds. The summed E-state index contributed by atoms with van der Waals surface area (Å²) < 4.78 is 26.7. The van der Waals surface area contributed by atoms with Crippen molar-refractivity contribution in [2.24, 2.45) is 5.92 Å². The van der Waals surface area contributed by atoms with Gasteiger partial charge >= 0.3 is 0 Å². The summed E-state index contributed by atoms with van der Waals surface area (Å²) in [6, 6.07) is 4.56. The first-order chi connectivity index (χ1) is 10.4. The minimum atomic E-state index is -3.69. The average Bonchev–Trinajstić information content (AvgIpc) is 3.34. The van der Waals surface area contributed by atoms with E-state index in [0.29, 0.717) is 13.1 Å². The van der Waals surface area contributed by atoms with Gasteiger partial charge in [-0.15, -0.1) is 0 Å². The third kappa shape index (κ3) is 2.97. The van der Waals surface area contributed by atoms with Crippen molar-refractivity contribution in [3.63, 3.8) is 0 Å². The Balaban J connectivity index is 1.74. The third-order valence-electron chi connectivity index (χ3n) is 4.01. The molecule has 1 aromatic rings. The molecule has 3 rings (SSSR count). The van der Waals surface area contributed by atoms with Gasteiger partial charge < -0.3 is 4.90 Å². The molecule has 0 bridgehead atoms. The molecule has 120 valence electrons. The second-order valence-electron chi connectivity index (χ2n) is 5.56. The molecule has 5 nitrogen and oxygen atoms in total. The Morgan fingerprint density at radius 2 is 1.73 bits per heavy atom. The van der Waals surface area contributed by atoms with Gasteiger partial charge in [0.15, 0.2) is 0 Å². The van der Waals surface area contributed by atoms with Crippen molar-refractivity contribution in [2.75, 3.05) is 26.2 Å². The van der Waals surface area contributed by atoms with E-state index in [1.807, 2.05) is 0 Å². The molecule has 0 spiro atoms.